The minimum absolute atomic E-state index is 0.0450. The second-order valence-electron chi connectivity index (χ2n) is 13.2. The summed E-state index contributed by atoms with van der Waals surface area (Å²) in [6, 6.07) is 8.22. The molecule has 3 aliphatic rings. The zero-order chi connectivity index (χ0) is 33.3. The number of hydrogen-bond donors (Lipinski definition) is 3. The van der Waals surface area contributed by atoms with Gasteiger partial charge >= 0.3 is 0 Å². The van der Waals surface area contributed by atoms with Gasteiger partial charge in [0.15, 0.2) is 5.82 Å². The lowest BCUT2D eigenvalue weighted by atomic mass is 9.84. The van der Waals surface area contributed by atoms with Crippen LogP contribution < -0.4 is 15.5 Å². The molecule has 14 heteroatoms. The molecule has 3 N–H and O–H groups in total. The van der Waals surface area contributed by atoms with E-state index >= 15 is 0 Å². The van der Waals surface area contributed by atoms with Crippen LogP contribution in [0.1, 0.15) is 61.6 Å². The van der Waals surface area contributed by atoms with E-state index in [-0.39, 0.29) is 24.9 Å². The van der Waals surface area contributed by atoms with Crippen LogP contribution in [0.15, 0.2) is 41.3 Å². The maximum Gasteiger partial charge on any atom is 0.258 e. The van der Waals surface area contributed by atoms with Crippen molar-refractivity contribution in [3.63, 3.8) is 0 Å². The van der Waals surface area contributed by atoms with Crippen LogP contribution in [-0.4, -0.2) is 92.3 Å². The molecular formula is C33H43F2N7O4S. The Bertz CT molecular complexity index is 1700. The predicted octanol–water partition coefficient (Wildman–Crippen LogP) is 4.55. The Labute approximate surface area is 274 Å². The van der Waals surface area contributed by atoms with Gasteiger partial charge in [-0.2, -0.15) is 9.40 Å². The standard InChI is InChI=1S/C33H43F2N7O4S/c1-4-9-40-10-12-41(13-11-40)25-5-6-27(29(19-25)36-24-7-14-46-15-8-24)32(43)37-31-28-20-42(21-33(2,3)30(28)38-39-31)47(44,45)26-17-22(34)16-23(35)18-26/h5-6,16-19,24,36H,4,7-15,20-21H2,1-3H3,(H2,37,38,39,43). The van der Waals surface area contributed by atoms with Crippen LogP contribution in [-0.2, 0) is 26.7 Å². The van der Waals surface area contributed by atoms with Crippen LogP contribution in [0.5, 0.6) is 0 Å². The predicted molar refractivity (Wildman–Crippen MR) is 176 cm³/mol. The first-order valence-corrected chi connectivity index (χ1v) is 17.7. The highest BCUT2D eigenvalue weighted by atomic mass is 32.2. The summed E-state index contributed by atoms with van der Waals surface area (Å²) in [5, 5.41) is 13.9. The first-order chi connectivity index (χ1) is 22.4. The Morgan fingerprint density at radius 3 is 2.45 bits per heavy atom. The second-order valence-corrected chi connectivity index (χ2v) is 15.2. The summed E-state index contributed by atoms with van der Waals surface area (Å²) >= 11 is 0. The van der Waals surface area contributed by atoms with Gasteiger partial charge in [-0.1, -0.05) is 20.8 Å². The van der Waals surface area contributed by atoms with Gasteiger partial charge in [0.05, 0.1) is 10.5 Å². The number of hydrogen-bond acceptors (Lipinski definition) is 8. The highest BCUT2D eigenvalue weighted by Crippen LogP contribution is 2.38. The van der Waals surface area contributed by atoms with Crippen molar-refractivity contribution < 1.29 is 26.7 Å². The van der Waals surface area contributed by atoms with Crippen molar-refractivity contribution in [3.8, 4) is 0 Å². The number of ether oxygens (including phenoxy) is 1. The number of halogens is 2. The Morgan fingerprint density at radius 1 is 1.06 bits per heavy atom. The second kappa shape index (κ2) is 13.5. The summed E-state index contributed by atoms with van der Waals surface area (Å²) in [6.45, 7) is 12.0. The third kappa shape index (κ3) is 7.15. The van der Waals surface area contributed by atoms with E-state index < -0.39 is 37.9 Å². The largest absolute Gasteiger partial charge is 0.381 e. The Kier molecular flexibility index (Phi) is 9.57. The summed E-state index contributed by atoms with van der Waals surface area (Å²) in [6.07, 6.45) is 2.77. The molecule has 6 rings (SSSR count). The fourth-order valence-electron chi connectivity index (χ4n) is 6.76. The zero-order valence-electron chi connectivity index (χ0n) is 27.1. The number of anilines is 3. The minimum atomic E-state index is -4.27. The number of H-pyrrole nitrogens is 1. The summed E-state index contributed by atoms with van der Waals surface area (Å²) in [4.78, 5) is 18.3. The number of piperazine rings is 1. The number of nitrogens with zero attached hydrogens (tertiary/aromatic N) is 4. The van der Waals surface area contributed by atoms with Gasteiger partial charge in [0.25, 0.3) is 5.91 Å². The van der Waals surface area contributed by atoms with Crippen molar-refractivity contribution in [2.45, 2.75) is 62.9 Å². The first-order valence-electron chi connectivity index (χ1n) is 16.3. The molecule has 2 saturated heterocycles. The molecule has 2 fully saturated rings. The number of aromatic amines is 1. The number of amides is 1. The molecule has 0 spiro atoms. The first kappa shape index (κ1) is 33.3. The lowest BCUT2D eigenvalue weighted by Crippen LogP contribution is -2.46. The molecule has 47 heavy (non-hydrogen) atoms. The van der Waals surface area contributed by atoms with Gasteiger partial charge in [0, 0.05) is 92.6 Å². The van der Waals surface area contributed by atoms with Gasteiger partial charge in [-0.15, -0.1) is 0 Å². The normalized spacial score (nSPS) is 19.4. The topological polar surface area (TPSA) is 123 Å². The van der Waals surface area contributed by atoms with E-state index in [1.807, 2.05) is 32.0 Å². The van der Waals surface area contributed by atoms with E-state index in [9.17, 15) is 22.0 Å². The third-order valence-electron chi connectivity index (χ3n) is 9.26. The smallest absolute Gasteiger partial charge is 0.258 e. The van der Waals surface area contributed by atoms with Gasteiger partial charge in [-0.25, -0.2) is 17.2 Å². The number of benzene rings is 2. The average molecular weight is 672 g/mol. The van der Waals surface area contributed by atoms with Gasteiger partial charge in [0.2, 0.25) is 10.0 Å². The molecule has 2 aromatic carbocycles. The number of carbonyl (C=O) groups is 1. The summed E-state index contributed by atoms with van der Waals surface area (Å²) in [7, 11) is -4.27. The van der Waals surface area contributed by atoms with Crippen molar-refractivity contribution in [2.75, 3.05) is 68.0 Å². The Balaban J connectivity index is 1.26. The molecule has 0 bridgehead atoms. The maximum atomic E-state index is 14.0. The number of rotatable bonds is 9. The van der Waals surface area contributed by atoms with Crippen molar-refractivity contribution in [3.05, 3.63) is 64.9 Å². The van der Waals surface area contributed by atoms with Crippen LogP contribution in [0.25, 0.3) is 0 Å². The van der Waals surface area contributed by atoms with Crippen LogP contribution >= 0.6 is 0 Å². The summed E-state index contributed by atoms with van der Waals surface area (Å²) in [5.74, 6) is -2.15. The van der Waals surface area contributed by atoms with Gasteiger partial charge in [-0.05, 0) is 56.1 Å². The molecule has 3 aliphatic heterocycles. The quantitative estimate of drug-likeness (QED) is 0.303. The molecular weight excluding hydrogens is 628 g/mol. The zero-order valence-corrected chi connectivity index (χ0v) is 27.9. The molecule has 0 aliphatic carbocycles. The van der Waals surface area contributed by atoms with Crippen LogP contribution in [0.4, 0.5) is 26.0 Å². The van der Waals surface area contributed by atoms with Crippen LogP contribution in [0.2, 0.25) is 0 Å². The fourth-order valence-corrected chi connectivity index (χ4v) is 8.37. The van der Waals surface area contributed by atoms with Crippen molar-refractivity contribution in [1.29, 1.82) is 0 Å². The van der Waals surface area contributed by atoms with Crippen molar-refractivity contribution in [2.24, 2.45) is 0 Å². The summed E-state index contributed by atoms with van der Waals surface area (Å²) < 4.78 is 61.8. The monoisotopic (exact) mass is 671 g/mol. The molecule has 0 unspecified atom stereocenters. The average Bonchev–Trinajstić information content (AvgIpc) is 3.45. The molecule has 1 amide bonds. The molecule has 254 valence electrons. The molecule has 4 heterocycles. The highest BCUT2D eigenvalue weighted by molar-refractivity contribution is 7.89. The minimum Gasteiger partial charge on any atom is -0.381 e. The molecule has 0 atom stereocenters. The number of sulfonamides is 1. The Hall–Kier alpha value is -3.59. The lowest BCUT2D eigenvalue weighted by molar-refractivity contribution is 0.0904. The van der Waals surface area contributed by atoms with Gasteiger partial charge < -0.3 is 20.3 Å². The van der Waals surface area contributed by atoms with Crippen LogP contribution in [0.3, 0.4) is 0 Å². The molecule has 1 aromatic heterocycles. The van der Waals surface area contributed by atoms with E-state index in [0.717, 1.165) is 69.8 Å². The van der Waals surface area contributed by atoms with Crippen molar-refractivity contribution in [1.82, 2.24) is 19.4 Å². The lowest BCUT2D eigenvalue weighted by Gasteiger charge is -2.37. The van der Waals surface area contributed by atoms with Gasteiger partial charge in [-0.3, -0.25) is 14.8 Å². The van der Waals surface area contributed by atoms with E-state index in [2.05, 4.69) is 37.6 Å². The van der Waals surface area contributed by atoms with E-state index in [1.165, 1.54) is 4.31 Å². The Morgan fingerprint density at radius 2 is 1.77 bits per heavy atom. The van der Waals surface area contributed by atoms with E-state index in [0.29, 0.717) is 41.8 Å². The third-order valence-corrected chi connectivity index (χ3v) is 11.0. The highest BCUT2D eigenvalue weighted by Gasteiger charge is 2.41. The SMILES string of the molecule is CCCN1CCN(c2ccc(C(=O)Nc3n[nH]c4c3CN(S(=O)(=O)c3cc(F)cc(F)c3)CC4(C)C)c(NC3CCOCC3)c2)CC1. The summed E-state index contributed by atoms with van der Waals surface area (Å²) in [5.41, 5.74) is 2.64. The molecule has 0 saturated carbocycles. The van der Waals surface area contributed by atoms with E-state index in [4.69, 9.17) is 4.74 Å². The van der Waals surface area contributed by atoms with Crippen LogP contribution in [0, 0.1) is 11.6 Å². The number of aromatic nitrogens is 2. The maximum absolute atomic E-state index is 14.0. The van der Waals surface area contributed by atoms with E-state index in [1.54, 1.807) is 0 Å². The number of fused-ring (bicyclic) bond motifs is 1. The fraction of sp³-hybridized carbons (Fsp3) is 0.515. The molecule has 11 nitrogen and oxygen atoms in total. The number of carbonyl (C=O) groups excluding carboxylic acids is 1. The van der Waals surface area contributed by atoms with Gasteiger partial charge in [0.1, 0.15) is 11.6 Å². The number of nitrogens with one attached hydrogen (secondary N) is 3. The van der Waals surface area contributed by atoms with Crippen molar-refractivity contribution >= 4 is 33.1 Å². The molecule has 0 radical (unpaired) electrons. The molecule has 3 aromatic rings.